The average molecular weight is 1050 g/mol. The van der Waals surface area contributed by atoms with Crippen LogP contribution in [0.5, 0.6) is 0 Å². The molecule has 0 aliphatic heterocycles. The van der Waals surface area contributed by atoms with Gasteiger partial charge in [0, 0.05) is 19.3 Å². The molecular weight excluding hydrogens is 937 g/mol. The first-order chi connectivity index (χ1) is 37.5. The fourth-order valence-corrected chi connectivity index (χ4v) is 7.46. The summed E-state index contributed by atoms with van der Waals surface area (Å²) in [5.74, 6) is -1.01. The van der Waals surface area contributed by atoms with Gasteiger partial charge in [0.05, 0.1) is 0 Å². The predicted molar refractivity (Wildman–Crippen MR) is 329 cm³/mol. The lowest BCUT2D eigenvalue weighted by Crippen LogP contribution is -2.30. The molecule has 1 unspecified atom stereocenters. The van der Waals surface area contributed by atoms with E-state index in [2.05, 4.69) is 191 Å². The highest BCUT2D eigenvalue weighted by Gasteiger charge is 2.19. The van der Waals surface area contributed by atoms with Crippen LogP contribution < -0.4 is 0 Å². The molecule has 0 saturated heterocycles. The average Bonchev–Trinajstić information content (AvgIpc) is 3.42. The number of hydrogen-bond donors (Lipinski definition) is 0. The minimum absolute atomic E-state index is 0.118. The molecule has 6 heteroatoms. The van der Waals surface area contributed by atoms with E-state index < -0.39 is 6.10 Å². The molecule has 424 valence electrons. The summed E-state index contributed by atoms with van der Waals surface area (Å²) in [6, 6.07) is 0. The molecule has 0 rings (SSSR count). The Kier molecular flexibility index (Phi) is 58.0. The fraction of sp³-hybridized carbons (Fsp3) is 0.557. The van der Waals surface area contributed by atoms with Crippen molar-refractivity contribution in [2.75, 3.05) is 13.2 Å². The first-order valence-electron chi connectivity index (χ1n) is 30.1. The van der Waals surface area contributed by atoms with Crippen molar-refractivity contribution < 1.29 is 28.6 Å². The Morgan fingerprint density at radius 3 is 0.829 bits per heavy atom. The summed E-state index contributed by atoms with van der Waals surface area (Å²) in [5, 5.41) is 0. The monoisotopic (exact) mass is 1040 g/mol. The van der Waals surface area contributed by atoms with Crippen LogP contribution in [0.1, 0.15) is 233 Å². The van der Waals surface area contributed by atoms with E-state index in [0.29, 0.717) is 12.8 Å². The summed E-state index contributed by atoms with van der Waals surface area (Å²) in [6.45, 7) is 6.28. The van der Waals surface area contributed by atoms with Gasteiger partial charge in [0.15, 0.2) is 6.10 Å². The van der Waals surface area contributed by atoms with Crippen molar-refractivity contribution in [3.63, 3.8) is 0 Å². The van der Waals surface area contributed by atoms with Crippen molar-refractivity contribution >= 4 is 17.9 Å². The molecule has 0 aromatic rings. The summed E-state index contributed by atoms with van der Waals surface area (Å²) < 4.78 is 16.8. The van der Waals surface area contributed by atoms with Crippen LogP contribution >= 0.6 is 0 Å². The molecule has 1 atom stereocenters. The molecule has 76 heavy (non-hydrogen) atoms. The fourth-order valence-electron chi connectivity index (χ4n) is 7.46. The second-order valence-electron chi connectivity index (χ2n) is 19.1. The van der Waals surface area contributed by atoms with Crippen molar-refractivity contribution in [3.05, 3.63) is 170 Å². The largest absolute Gasteiger partial charge is 0.462 e. The summed E-state index contributed by atoms with van der Waals surface area (Å²) >= 11 is 0. The number of carbonyl (C=O) groups excluding carboxylic acids is 3. The molecule has 0 radical (unpaired) electrons. The third-order valence-electron chi connectivity index (χ3n) is 11.9. The van der Waals surface area contributed by atoms with Gasteiger partial charge in [0.2, 0.25) is 0 Å². The highest BCUT2D eigenvalue weighted by molar-refractivity contribution is 5.71. The van der Waals surface area contributed by atoms with E-state index in [1.54, 1.807) is 0 Å². The molecule has 0 aromatic carbocycles. The Labute approximate surface area is 466 Å². The minimum Gasteiger partial charge on any atom is -0.462 e. The first kappa shape index (κ1) is 70.8. The standard InChI is InChI=1S/C70H108O6/c1-4-7-10-13-16-19-22-25-28-30-31-32-33-34-35-36-37-38-39-41-42-45-48-51-54-57-60-63-69(72)75-66-67(65-74-68(71)62-59-56-53-50-47-44-27-24-21-18-15-12-9-6-3)76-70(73)64-61-58-55-52-49-46-43-40-29-26-23-20-17-14-11-8-5-2/h7-8,10-11,15-20,24-29,31-32,34-35,37-38,41-43,46,48,51,67H,4-6,9,12-14,21-23,30,33,36,39-40,44-45,47,49-50,52-66H2,1-3H3/b10-7-,11-8-,18-15-,19-16-,20-17-,27-24-,28-25-,29-26-,32-31-,35-34-,38-37-,42-41-,46-43-,51-48-. The molecule has 0 aliphatic carbocycles. The van der Waals surface area contributed by atoms with E-state index in [1.807, 2.05) is 0 Å². The quantitative estimate of drug-likeness (QED) is 0.0261. The lowest BCUT2D eigenvalue weighted by molar-refractivity contribution is -0.167. The maximum absolute atomic E-state index is 12.9. The van der Waals surface area contributed by atoms with Crippen molar-refractivity contribution in [1.82, 2.24) is 0 Å². The summed E-state index contributed by atoms with van der Waals surface area (Å²) in [7, 11) is 0. The number of rotatable bonds is 52. The van der Waals surface area contributed by atoms with Gasteiger partial charge < -0.3 is 14.2 Å². The molecule has 0 spiro atoms. The van der Waals surface area contributed by atoms with Gasteiger partial charge in [-0.3, -0.25) is 14.4 Å². The molecule has 0 heterocycles. The number of unbranched alkanes of at least 4 members (excludes halogenated alkanes) is 13. The second kappa shape index (κ2) is 62.3. The topological polar surface area (TPSA) is 78.9 Å². The van der Waals surface area contributed by atoms with E-state index >= 15 is 0 Å². The summed E-state index contributed by atoms with van der Waals surface area (Å²) in [5.41, 5.74) is 0. The molecule has 6 nitrogen and oxygen atoms in total. The molecule has 0 bridgehead atoms. The van der Waals surface area contributed by atoms with E-state index in [0.717, 1.165) is 167 Å². The zero-order chi connectivity index (χ0) is 55.0. The minimum atomic E-state index is -0.825. The summed E-state index contributed by atoms with van der Waals surface area (Å²) in [4.78, 5) is 38.2. The number of hydrogen-bond acceptors (Lipinski definition) is 6. The van der Waals surface area contributed by atoms with Crippen molar-refractivity contribution in [2.45, 2.75) is 239 Å². The number of ether oxygens (including phenoxy) is 3. The van der Waals surface area contributed by atoms with Crippen molar-refractivity contribution in [3.8, 4) is 0 Å². The van der Waals surface area contributed by atoms with Gasteiger partial charge in [-0.1, -0.05) is 236 Å². The first-order valence-corrected chi connectivity index (χ1v) is 30.1. The van der Waals surface area contributed by atoms with E-state index in [1.165, 1.54) is 19.3 Å². The van der Waals surface area contributed by atoms with Crippen LogP contribution in [0, 0.1) is 0 Å². The Balaban J connectivity index is 4.52. The molecule has 0 aliphatic rings. The molecule has 0 amide bonds. The smallest absolute Gasteiger partial charge is 0.306 e. The zero-order valence-electron chi connectivity index (χ0n) is 48.4. The number of esters is 3. The lowest BCUT2D eigenvalue weighted by Gasteiger charge is -2.18. The Bertz CT molecular complexity index is 1770. The second-order valence-corrected chi connectivity index (χ2v) is 19.1. The van der Waals surface area contributed by atoms with Gasteiger partial charge in [-0.15, -0.1) is 0 Å². The molecule has 0 N–H and O–H groups in total. The van der Waals surface area contributed by atoms with Gasteiger partial charge >= 0.3 is 17.9 Å². The van der Waals surface area contributed by atoms with Crippen molar-refractivity contribution in [1.29, 1.82) is 0 Å². The Morgan fingerprint density at radius 1 is 0.276 bits per heavy atom. The highest BCUT2D eigenvalue weighted by Crippen LogP contribution is 2.12. The molecule has 0 saturated carbocycles. The van der Waals surface area contributed by atoms with Gasteiger partial charge in [-0.05, 0) is 148 Å². The maximum Gasteiger partial charge on any atom is 0.306 e. The third-order valence-corrected chi connectivity index (χ3v) is 11.9. The van der Waals surface area contributed by atoms with Gasteiger partial charge in [-0.2, -0.15) is 0 Å². The Hall–Kier alpha value is -5.23. The molecule has 0 fully saturated rings. The van der Waals surface area contributed by atoms with E-state index in [4.69, 9.17) is 14.2 Å². The lowest BCUT2D eigenvalue weighted by atomic mass is 10.1. The highest BCUT2D eigenvalue weighted by atomic mass is 16.6. The summed E-state index contributed by atoms with van der Waals surface area (Å²) in [6.07, 6.45) is 92.0. The Morgan fingerprint density at radius 2 is 0.513 bits per heavy atom. The maximum atomic E-state index is 12.9. The number of carbonyl (C=O) groups is 3. The SMILES string of the molecule is CC/C=C\C/C=C\C/C=C\C/C=C\C/C=C\C/C=C\C/C=C\C/C=C\CCCCC(=O)OCC(COC(=O)CCCCCCC/C=C\C/C=C\CCCC)OC(=O)CCCCCC/C=C\C/C=C\C/C=C\C/C=C\CC. The van der Waals surface area contributed by atoms with E-state index in [-0.39, 0.29) is 44.0 Å². The van der Waals surface area contributed by atoms with Gasteiger partial charge in [0.25, 0.3) is 0 Å². The van der Waals surface area contributed by atoms with Crippen LogP contribution in [0.3, 0.4) is 0 Å². The van der Waals surface area contributed by atoms with Crippen LogP contribution in [-0.2, 0) is 28.6 Å². The van der Waals surface area contributed by atoms with Crippen molar-refractivity contribution in [2.24, 2.45) is 0 Å². The van der Waals surface area contributed by atoms with Gasteiger partial charge in [0.1, 0.15) is 13.2 Å². The van der Waals surface area contributed by atoms with Crippen LogP contribution in [0.15, 0.2) is 170 Å². The van der Waals surface area contributed by atoms with Crippen LogP contribution in [0.2, 0.25) is 0 Å². The zero-order valence-corrected chi connectivity index (χ0v) is 48.4. The normalized spacial score (nSPS) is 13.4. The third kappa shape index (κ3) is 59.6. The van der Waals surface area contributed by atoms with Gasteiger partial charge in [-0.25, -0.2) is 0 Å². The predicted octanol–water partition coefficient (Wildman–Crippen LogP) is 20.7. The van der Waals surface area contributed by atoms with Crippen LogP contribution in [-0.4, -0.2) is 37.2 Å². The van der Waals surface area contributed by atoms with Crippen LogP contribution in [0.4, 0.5) is 0 Å². The molecular formula is C70H108O6. The number of allylic oxidation sites excluding steroid dienone is 28. The molecule has 0 aromatic heterocycles. The van der Waals surface area contributed by atoms with Crippen LogP contribution in [0.25, 0.3) is 0 Å². The van der Waals surface area contributed by atoms with E-state index in [9.17, 15) is 14.4 Å².